The summed E-state index contributed by atoms with van der Waals surface area (Å²) in [4.78, 5) is 26.8. The first-order chi connectivity index (χ1) is 13.2. The average molecular weight is 390 g/mol. The predicted molar refractivity (Wildman–Crippen MR) is 110 cm³/mol. The molecule has 0 radical (unpaired) electrons. The minimum Gasteiger partial charge on any atom is -0.462 e. The van der Waals surface area contributed by atoms with Crippen LogP contribution in [0.4, 0.5) is 4.79 Å². The molecule has 1 saturated heterocycles. The number of ether oxygens (including phenoxy) is 2. The number of carbonyl (C=O) groups is 2. The van der Waals surface area contributed by atoms with Crippen molar-refractivity contribution in [2.45, 2.75) is 66.6 Å². The number of amides is 1. The van der Waals surface area contributed by atoms with Crippen molar-refractivity contribution in [2.75, 3.05) is 13.1 Å². The van der Waals surface area contributed by atoms with E-state index in [1.165, 1.54) is 0 Å². The standard InChI is InChI=1S/C23H35NO4/c1-17(2)15-23(5,18(3)4)21(25)28-20-11-13-24(14-12-20)22(26)27-16-19-9-7-6-8-10-19/h6-10,17-18,20H,11-16H2,1-5H3. The fourth-order valence-electron chi connectivity index (χ4n) is 3.66. The molecule has 5 heteroatoms. The number of carbonyl (C=O) groups excluding carboxylic acids is 2. The van der Waals surface area contributed by atoms with Crippen molar-refractivity contribution in [3.05, 3.63) is 35.9 Å². The molecule has 0 aliphatic carbocycles. The Morgan fingerprint density at radius 3 is 2.25 bits per heavy atom. The van der Waals surface area contributed by atoms with E-state index in [1.807, 2.05) is 37.3 Å². The van der Waals surface area contributed by atoms with Crippen molar-refractivity contribution < 1.29 is 19.1 Å². The maximum absolute atomic E-state index is 12.9. The van der Waals surface area contributed by atoms with Crippen LogP contribution in [0.3, 0.4) is 0 Å². The molecule has 1 aliphatic rings. The third-order valence-electron chi connectivity index (χ3n) is 5.75. The van der Waals surface area contributed by atoms with Gasteiger partial charge in [0.1, 0.15) is 12.7 Å². The zero-order valence-corrected chi connectivity index (χ0v) is 17.9. The van der Waals surface area contributed by atoms with Gasteiger partial charge >= 0.3 is 12.1 Å². The summed E-state index contributed by atoms with van der Waals surface area (Å²) in [5.74, 6) is 0.540. The van der Waals surface area contributed by atoms with Crippen LogP contribution in [-0.4, -0.2) is 36.2 Å². The summed E-state index contributed by atoms with van der Waals surface area (Å²) in [6, 6.07) is 9.65. The van der Waals surface area contributed by atoms with E-state index in [0.29, 0.717) is 31.8 Å². The summed E-state index contributed by atoms with van der Waals surface area (Å²) in [5, 5.41) is 0. The number of nitrogens with zero attached hydrogens (tertiary/aromatic N) is 1. The maximum atomic E-state index is 12.9. The van der Waals surface area contributed by atoms with Gasteiger partial charge < -0.3 is 14.4 Å². The fraction of sp³-hybridized carbons (Fsp3) is 0.652. The fourth-order valence-corrected chi connectivity index (χ4v) is 3.66. The van der Waals surface area contributed by atoms with Crippen LogP contribution in [0.15, 0.2) is 30.3 Å². The largest absolute Gasteiger partial charge is 0.462 e. The van der Waals surface area contributed by atoms with Gasteiger partial charge in [-0.15, -0.1) is 0 Å². The summed E-state index contributed by atoms with van der Waals surface area (Å²) in [6.45, 7) is 11.8. The number of piperidine rings is 1. The molecular formula is C23H35NO4. The van der Waals surface area contributed by atoms with E-state index in [1.54, 1.807) is 4.90 Å². The SMILES string of the molecule is CC(C)CC(C)(C(=O)OC1CCN(C(=O)OCc2ccccc2)CC1)C(C)C. The van der Waals surface area contributed by atoms with Gasteiger partial charge in [-0.05, 0) is 30.7 Å². The van der Waals surface area contributed by atoms with E-state index in [-0.39, 0.29) is 30.7 Å². The zero-order chi connectivity index (χ0) is 20.7. The minimum atomic E-state index is -0.472. The van der Waals surface area contributed by atoms with Gasteiger partial charge in [0.15, 0.2) is 0 Å². The minimum absolute atomic E-state index is 0.110. The molecule has 1 atom stereocenters. The van der Waals surface area contributed by atoms with Gasteiger partial charge in [-0.3, -0.25) is 4.79 Å². The van der Waals surface area contributed by atoms with Crippen LogP contribution >= 0.6 is 0 Å². The van der Waals surface area contributed by atoms with E-state index in [9.17, 15) is 9.59 Å². The summed E-state index contributed by atoms with van der Waals surface area (Å²) < 4.78 is 11.3. The first-order valence-corrected chi connectivity index (χ1v) is 10.4. The lowest BCUT2D eigenvalue weighted by Gasteiger charge is -2.36. The van der Waals surface area contributed by atoms with E-state index >= 15 is 0 Å². The molecule has 1 unspecified atom stereocenters. The summed E-state index contributed by atoms with van der Waals surface area (Å²) in [7, 11) is 0. The molecule has 0 bridgehead atoms. The summed E-state index contributed by atoms with van der Waals surface area (Å²) in [5.41, 5.74) is 0.498. The van der Waals surface area contributed by atoms with Crippen molar-refractivity contribution in [3.8, 4) is 0 Å². The highest BCUT2D eigenvalue weighted by Gasteiger charge is 2.40. The predicted octanol–water partition coefficient (Wildman–Crippen LogP) is 5.04. The number of benzene rings is 1. The van der Waals surface area contributed by atoms with Crippen LogP contribution in [-0.2, 0) is 20.9 Å². The molecule has 0 aromatic heterocycles. The van der Waals surface area contributed by atoms with Gasteiger partial charge in [-0.2, -0.15) is 0 Å². The van der Waals surface area contributed by atoms with Crippen LogP contribution in [0.2, 0.25) is 0 Å². The molecule has 0 spiro atoms. The molecule has 1 amide bonds. The van der Waals surface area contributed by atoms with Gasteiger partial charge in [0.25, 0.3) is 0 Å². The Hall–Kier alpha value is -2.04. The number of likely N-dealkylation sites (tertiary alicyclic amines) is 1. The Morgan fingerprint density at radius 2 is 1.71 bits per heavy atom. The lowest BCUT2D eigenvalue weighted by atomic mass is 9.73. The van der Waals surface area contributed by atoms with E-state index < -0.39 is 5.41 Å². The van der Waals surface area contributed by atoms with Crippen LogP contribution in [0.25, 0.3) is 0 Å². The molecule has 0 N–H and O–H groups in total. The second kappa shape index (κ2) is 9.94. The Kier molecular flexibility index (Phi) is 7.90. The Morgan fingerprint density at radius 1 is 1.11 bits per heavy atom. The van der Waals surface area contributed by atoms with E-state index in [2.05, 4.69) is 27.7 Å². The summed E-state index contributed by atoms with van der Waals surface area (Å²) >= 11 is 0. The second-order valence-electron chi connectivity index (χ2n) is 8.80. The van der Waals surface area contributed by atoms with Gasteiger partial charge in [-0.1, -0.05) is 58.0 Å². The number of esters is 1. The van der Waals surface area contributed by atoms with Crippen molar-refractivity contribution in [2.24, 2.45) is 17.3 Å². The van der Waals surface area contributed by atoms with Crippen LogP contribution in [0.1, 0.15) is 59.4 Å². The van der Waals surface area contributed by atoms with Crippen molar-refractivity contribution >= 4 is 12.1 Å². The first-order valence-electron chi connectivity index (χ1n) is 10.4. The highest BCUT2D eigenvalue weighted by Crippen LogP contribution is 2.36. The molecule has 5 nitrogen and oxygen atoms in total. The molecule has 28 heavy (non-hydrogen) atoms. The molecule has 1 aromatic carbocycles. The number of hydrogen-bond acceptors (Lipinski definition) is 4. The normalized spacial score (nSPS) is 17.5. The van der Waals surface area contributed by atoms with Crippen LogP contribution < -0.4 is 0 Å². The Balaban J connectivity index is 1.81. The van der Waals surface area contributed by atoms with Gasteiger partial charge in [0.2, 0.25) is 0 Å². The van der Waals surface area contributed by atoms with E-state index in [0.717, 1.165) is 12.0 Å². The lowest BCUT2D eigenvalue weighted by Crippen LogP contribution is -2.44. The molecule has 2 rings (SSSR count). The highest BCUT2D eigenvalue weighted by atomic mass is 16.6. The monoisotopic (exact) mass is 389 g/mol. The third kappa shape index (κ3) is 5.98. The average Bonchev–Trinajstić information content (AvgIpc) is 2.66. The molecule has 1 aliphatic heterocycles. The molecular weight excluding hydrogens is 354 g/mol. The quantitative estimate of drug-likeness (QED) is 0.613. The Labute approximate surface area is 169 Å². The molecule has 156 valence electrons. The molecule has 1 heterocycles. The Bertz CT molecular complexity index is 635. The van der Waals surface area contributed by atoms with Crippen molar-refractivity contribution in [3.63, 3.8) is 0 Å². The van der Waals surface area contributed by atoms with Crippen LogP contribution in [0, 0.1) is 17.3 Å². The first kappa shape index (κ1) is 22.3. The number of hydrogen-bond donors (Lipinski definition) is 0. The van der Waals surface area contributed by atoms with E-state index in [4.69, 9.17) is 9.47 Å². The summed E-state index contributed by atoms with van der Waals surface area (Å²) in [6.07, 6.45) is 1.69. The van der Waals surface area contributed by atoms with Gasteiger partial charge in [0.05, 0.1) is 5.41 Å². The smallest absolute Gasteiger partial charge is 0.410 e. The number of rotatable bonds is 7. The van der Waals surface area contributed by atoms with Gasteiger partial charge in [-0.25, -0.2) is 4.79 Å². The molecule has 1 fully saturated rings. The topological polar surface area (TPSA) is 55.8 Å². The van der Waals surface area contributed by atoms with Gasteiger partial charge in [0, 0.05) is 25.9 Å². The lowest BCUT2D eigenvalue weighted by molar-refractivity contribution is -0.166. The zero-order valence-electron chi connectivity index (χ0n) is 17.9. The van der Waals surface area contributed by atoms with Crippen molar-refractivity contribution in [1.29, 1.82) is 0 Å². The van der Waals surface area contributed by atoms with Crippen LogP contribution in [0.5, 0.6) is 0 Å². The highest BCUT2D eigenvalue weighted by molar-refractivity contribution is 5.77. The molecule has 1 aromatic rings. The second-order valence-corrected chi connectivity index (χ2v) is 8.80. The molecule has 0 saturated carbocycles. The maximum Gasteiger partial charge on any atom is 0.410 e. The van der Waals surface area contributed by atoms with Crippen molar-refractivity contribution in [1.82, 2.24) is 4.90 Å². The third-order valence-corrected chi connectivity index (χ3v) is 5.75.